The van der Waals surface area contributed by atoms with Gasteiger partial charge in [-0.1, -0.05) is 6.92 Å². The Bertz CT molecular complexity index is 414. The van der Waals surface area contributed by atoms with Crippen LogP contribution >= 0.6 is 0 Å². The molecule has 1 aliphatic carbocycles. The molecular weight excluding hydrogens is 236 g/mol. The molecule has 3 rings (SSSR count). The van der Waals surface area contributed by atoms with E-state index in [4.69, 9.17) is 14.2 Å². The second kappa shape index (κ2) is 4.30. The lowest BCUT2D eigenvalue weighted by molar-refractivity contribution is -0.156. The van der Waals surface area contributed by atoms with Crippen molar-refractivity contribution in [2.45, 2.75) is 45.0 Å². The molecular formula is C13H16O5. The Kier molecular flexibility index (Phi) is 2.76. The van der Waals surface area contributed by atoms with Gasteiger partial charge in [0, 0.05) is 12.3 Å². The summed E-state index contributed by atoms with van der Waals surface area (Å²) in [5.41, 5.74) is 0.591. The summed E-state index contributed by atoms with van der Waals surface area (Å²) < 4.78 is 15.7. The highest BCUT2D eigenvalue weighted by Crippen LogP contribution is 2.40. The molecule has 2 saturated heterocycles. The predicted octanol–water partition coefficient (Wildman–Crippen LogP) is 1.52. The van der Waals surface area contributed by atoms with Gasteiger partial charge < -0.3 is 14.2 Å². The van der Waals surface area contributed by atoms with Gasteiger partial charge in [-0.05, 0) is 19.3 Å². The van der Waals surface area contributed by atoms with Crippen LogP contribution in [0.25, 0.3) is 0 Å². The number of esters is 2. The van der Waals surface area contributed by atoms with Crippen molar-refractivity contribution < 1.29 is 23.8 Å². The van der Waals surface area contributed by atoms with Crippen LogP contribution in [0, 0.1) is 11.8 Å². The Balaban J connectivity index is 1.65. The van der Waals surface area contributed by atoms with Crippen LogP contribution in [0.4, 0.5) is 0 Å². The molecule has 0 aromatic heterocycles. The smallest absolute Gasteiger partial charge is 0.337 e. The maximum atomic E-state index is 11.6. The van der Waals surface area contributed by atoms with Crippen LogP contribution in [-0.4, -0.2) is 24.3 Å². The molecule has 4 atom stereocenters. The number of hydrogen-bond donors (Lipinski definition) is 0. The van der Waals surface area contributed by atoms with E-state index < -0.39 is 6.29 Å². The first kappa shape index (κ1) is 11.6. The zero-order valence-electron chi connectivity index (χ0n) is 10.3. The van der Waals surface area contributed by atoms with E-state index in [1.807, 2.05) is 0 Å². The van der Waals surface area contributed by atoms with E-state index in [2.05, 4.69) is 0 Å². The van der Waals surface area contributed by atoms with Gasteiger partial charge in [0.05, 0.1) is 17.8 Å². The second-order valence-corrected chi connectivity index (χ2v) is 5.19. The number of hydrogen-bond acceptors (Lipinski definition) is 5. The summed E-state index contributed by atoms with van der Waals surface area (Å²) in [6, 6.07) is 0. The minimum Gasteiger partial charge on any atom is -0.462 e. The van der Waals surface area contributed by atoms with Gasteiger partial charge in [-0.3, -0.25) is 4.79 Å². The van der Waals surface area contributed by atoms with E-state index in [9.17, 15) is 9.59 Å². The summed E-state index contributed by atoms with van der Waals surface area (Å²) in [6.07, 6.45) is 4.41. The highest BCUT2D eigenvalue weighted by molar-refractivity contribution is 5.91. The summed E-state index contributed by atoms with van der Waals surface area (Å²) in [4.78, 5) is 22.9. The first-order chi connectivity index (χ1) is 8.65. The van der Waals surface area contributed by atoms with Crippen molar-refractivity contribution in [3.63, 3.8) is 0 Å². The van der Waals surface area contributed by atoms with Crippen LogP contribution in [0.5, 0.6) is 0 Å². The van der Waals surface area contributed by atoms with Crippen LogP contribution in [0.15, 0.2) is 11.8 Å². The van der Waals surface area contributed by atoms with E-state index in [0.29, 0.717) is 12.0 Å². The number of carbonyl (C=O) groups is 2. The first-order valence-electron chi connectivity index (χ1n) is 6.42. The van der Waals surface area contributed by atoms with Gasteiger partial charge >= 0.3 is 11.9 Å². The third kappa shape index (κ3) is 1.87. The molecule has 0 aromatic carbocycles. The zero-order valence-corrected chi connectivity index (χ0v) is 10.3. The molecule has 0 aromatic rings. The van der Waals surface area contributed by atoms with Crippen molar-refractivity contribution in [3.05, 3.63) is 11.8 Å². The minimum atomic E-state index is -0.562. The molecule has 0 spiro atoms. The molecule has 4 unspecified atom stereocenters. The van der Waals surface area contributed by atoms with E-state index in [-0.39, 0.29) is 29.9 Å². The average Bonchev–Trinajstić information content (AvgIpc) is 2.94. The highest BCUT2D eigenvalue weighted by atomic mass is 16.7. The fourth-order valence-electron chi connectivity index (χ4n) is 2.83. The van der Waals surface area contributed by atoms with Crippen LogP contribution in [0.1, 0.15) is 32.6 Å². The van der Waals surface area contributed by atoms with E-state index in [1.165, 1.54) is 6.26 Å². The van der Waals surface area contributed by atoms with Gasteiger partial charge in [0.25, 0.3) is 0 Å². The van der Waals surface area contributed by atoms with E-state index in [0.717, 1.165) is 19.3 Å². The van der Waals surface area contributed by atoms with Crippen LogP contribution in [0.3, 0.4) is 0 Å². The van der Waals surface area contributed by atoms with Crippen molar-refractivity contribution >= 4 is 11.9 Å². The minimum absolute atomic E-state index is 0.0254. The van der Waals surface area contributed by atoms with Gasteiger partial charge in [-0.15, -0.1) is 0 Å². The number of rotatable bonds is 2. The molecule has 0 N–H and O–H groups in total. The lowest BCUT2D eigenvalue weighted by Crippen LogP contribution is -2.11. The molecule has 3 fully saturated rings. The van der Waals surface area contributed by atoms with Crippen molar-refractivity contribution in [2.75, 3.05) is 0 Å². The molecule has 0 radical (unpaired) electrons. The third-order valence-electron chi connectivity index (χ3n) is 3.89. The number of ether oxygens (including phenoxy) is 3. The van der Waals surface area contributed by atoms with Crippen molar-refractivity contribution in [1.82, 2.24) is 0 Å². The summed E-state index contributed by atoms with van der Waals surface area (Å²) >= 11 is 0. The van der Waals surface area contributed by atoms with Crippen LogP contribution < -0.4 is 0 Å². The Morgan fingerprint density at radius 3 is 2.83 bits per heavy atom. The normalized spacial score (nSPS) is 40.8. The lowest BCUT2D eigenvalue weighted by atomic mass is 10.00. The molecule has 2 aliphatic heterocycles. The molecule has 2 heterocycles. The summed E-state index contributed by atoms with van der Waals surface area (Å²) in [5, 5.41) is 0. The molecule has 0 amide bonds. The summed E-state index contributed by atoms with van der Waals surface area (Å²) in [7, 11) is 0. The van der Waals surface area contributed by atoms with E-state index >= 15 is 0 Å². The van der Waals surface area contributed by atoms with Crippen LogP contribution in [-0.2, 0) is 23.8 Å². The molecule has 1 saturated carbocycles. The topological polar surface area (TPSA) is 61.8 Å². The maximum absolute atomic E-state index is 11.6. The Morgan fingerprint density at radius 2 is 2.11 bits per heavy atom. The molecule has 98 valence electrons. The second-order valence-electron chi connectivity index (χ2n) is 5.19. The summed E-state index contributed by atoms with van der Waals surface area (Å²) in [5.74, 6) is -0.511. The Morgan fingerprint density at radius 1 is 1.28 bits per heavy atom. The Hall–Kier alpha value is -1.52. The molecule has 5 heteroatoms. The average molecular weight is 252 g/mol. The predicted molar refractivity (Wildman–Crippen MR) is 60.1 cm³/mol. The standard InChI is InChI=1S/C13H16O5/c1-7-5-11(18-12(7)14)16-6-9-8-3-2-4-10(8)17-13(9)15/h6-8,10-11H,2-5H2,1H3/b9-6+. The maximum Gasteiger partial charge on any atom is 0.337 e. The lowest BCUT2D eigenvalue weighted by Gasteiger charge is -2.10. The third-order valence-corrected chi connectivity index (χ3v) is 3.89. The largest absolute Gasteiger partial charge is 0.462 e. The number of carbonyl (C=O) groups excluding carboxylic acids is 2. The van der Waals surface area contributed by atoms with Gasteiger partial charge in [0.1, 0.15) is 6.10 Å². The monoisotopic (exact) mass is 252 g/mol. The van der Waals surface area contributed by atoms with E-state index in [1.54, 1.807) is 6.92 Å². The van der Waals surface area contributed by atoms with Crippen molar-refractivity contribution in [2.24, 2.45) is 11.8 Å². The van der Waals surface area contributed by atoms with Gasteiger partial charge in [-0.2, -0.15) is 0 Å². The number of cyclic esters (lactones) is 1. The van der Waals surface area contributed by atoms with Gasteiger partial charge in [0.2, 0.25) is 6.29 Å². The quantitative estimate of drug-likeness (QED) is 0.423. The SMILES string of the molecule is CC1CC(O/C=C2/C(=O)OC3CCCC23)OC1=O. The van der Waals surface area contributed by atoms with Gasteiger partial charge in [0.15, 0.2) is 0 Å². The first-order valence-corrected chi connectivity index (χ1v) is 6.42. The zero-order chi connectivity index (χ0) is 12.7. The highest BCUT2D eigenvalue weighted by Gasteiger charge is 2.43. The number of fused-ring (bicyclic) bond motifs is 1. The molecule has 18 heavy (non-hydrogen) atoms. The fourth-order valence-corrected chi connectivity index (χ4v) is 2.83. The molecule has 5 nitrogen and oxygen atoms in total. The summed E-state index contributed by atoms with van der Waals surface area (Å²) in [6.45, 7) is 1.80. The van der Waals surface area contributed by atoms with Gasteiger partial charge in [-0.25, -0.2) is 4.79 Å². The Labute approximate surface area is 105 Å². The molecule has 0 bridgehead atoms. The fraction of sp³-hybridized carbons (Fsp3) is 0.692. The van der Waals surface area contributed by atoms with Crippen LogP contribution in [0.2, 0.25) is 0 Å². The van der Waals surface area contributed by atoms with Crippen molar-refractivity contribution in [3.8, 4) is 0 Å². The molecule has 3 aliphatic rings. The van der Waals surface area contributed by atoms with Crippen molar-refractivity contribution in [1.29, 1.82) is 0 Å².